The average Bonchev–Trinajstić information content (AvgIpc) is 3.17. The Bertz CT molecular complexity index is 919. The van der Waals surface area contributed by atoms with Crippen LogP contribution in [0.15, 0.2) is 54.6 Å². The van der Waals surface area contributed by atoms with Crippen LogP contribution < -0.4 is 9.64 Å². The monoisotopic (exact) mass is 450 g/mol. The third-order valence-electron chi connectivity index (χ3n) is 5.70. The van der Waals surface area contributed by atoms with E-state index in [2.05, 4.69) is 17.0 Å². The molecular weight excluding hydrogens is 425 g/mol. The molecule has 6 nitrogen and oxygen atoms in total. The molecule has 2 saturated heterocycles. The summed E-state index contributed by atoms with van der Waals surface area (Å²) in [5, 5.41) is 7.12. The largest absolute Gasteiger partial charge is 0.497 e. The summed E-state index contributed by atoms with van der Waals surface area (Å²) in [6.45, 7) is 1.97. The summed E-state index contributed by atoms with van der Waals surface area (Å²) in [5.41, 5.74) is 2.33. The first kappa shape index (κ1) is 23.6. The minimum atomic E-state index is -5.08. The number of halogens is 3. The van der Waals surface area contributed by atoms with Crippen LogP contribution in [0.3, 0.4) is 0 Å². The van der Waals surface area contributed by atoms with Crippen molar-refractivity contribution in [3.05, 3.63) is 60.2 Å². The number of likely N-dealkylation sites (tertiary alicyclic amines) is 1. The Morgan fingerprint density at radius 3 is 2.25 bits per heavy atom. The van der Waals surface area contributed by atoms with Gasteiger partial charge in [-0.1, -0.05) is 30.3 Å². The van der Waals surface area contributed by atoms with Crippen LogP contribution in [0.1, 0.15) is 24.8 Å². The molecule has 2 atom stereocenters. The minimum Gasteiger partial charge on any atom is -0.497 e. The number of ether oxygens (including phenoxy) is 1. The van der Waals surface area contributed by atoms with Gasteiger partial charge in [0.15, 0.2) is 0 Å². The van der Waals surface area contributed by atoms with Crippen molar-refractivity contribution >= 4 is 17.6 Å². The zero-order valence-corrected chi connectivity index (χ0v) is 17.6. The highest BCUT2D eigenvalue weighted by Gasteiger charge is 2.43. The average molecular weight is 450 g/mol. The Morgan fingerprint density at radius 2 is 1.69 bits per heavy atom. The molecule has 0 unspecified atom stereocenters. The second-order valence-corrected chi connectivity index (χ2v) is 7.68. The standard InChI is InChI=1S/C21H24N2O2.C2HF3O2/c1-25-18-9-7-16(8-10-18)15-22-14-13-20-19(22)11-12-21(24)23(20)17-5-3-2-4-6-17;3-2(4,5)1(6)7/h2-10,19-20H,11-15H2,1H3;(H,6,7)/t19-,20-;/m1./s1. The number of hydrogen-bond acceptors (Lipinski definition) is 4. The number of anilines is 1. The molecule has 0 aliphatic carbocycles. The Morgan fingerprint density at radius 1 is 1.06 bits per heavy atom. The summed E-state index contributed by atoms with van der Waals surface area (Å²) in [6.07, 6.45) is -2.44. The van der Waals surface area contributed by atoms with E-state index in [-0.39, 0.29) is 5.91 Å². The molecule has 2 fully saturated rings. The maximum atomic E-state index is 12.6. The van der Waals surface area contributed by atoms with E-state index in [4.69, 9.17) is 14.6 Å². The van der Waals surface area contributed by atoms with Crippen LogP contribution in [0.2, 0.25) is 0 Å². The third kappa shape index (κ3) is 5.59. The van der Waals surface area contributed by atoms with Gasteiger partial charge in [0.05, 0.1) is 13.2 Å². The van der Waals surface area contributed by atoms with Crippen LogP contribution in [-0.2, 0) is 16.1 Å². The highest BCUT2D eigenvalue weighted by atomic mass is 19.4. The summed E-state index contributed by atoms with van der Waals surface area (Å²) in [7, 11) is 1.69. The van der Waals surface area contributed by atoms with E-state index in [0.29, 0.717) is 18.5 Å². The first-order valence-corrected chi connectivity index (χ1v) is 10.2. The van der Waals surface area contributed by atoms with Crippen molar-refractivity contribution in [2.24, 2.45) is 0 Å². The van der Waals surface area contributed by atoms with Crippen LogP contribution in [0.5, 0.6) is 5.75 Å². The van der Waals surface area contributed by atoms with Crippen LogP contribution >= 0.6 is 0 Å². The molecule has 0 aromatic heterocycles. The number of carbonyl (C=O) groups is 2. The number of nitrogens with zero attached hydrogens (tertiary/aromatic N) is 2. The molecule has 0 spiro atoms. The summed E-state index contributed by atoms with van der Waals surface area (Å²) in [5.74, 6) is -1.60. The van der Waals surface area contributed by atoms with Crippen molar-refractivity contribution in [3.8, 4) is 5.75 Å². The van der Waals surface area contributed by atoms with E-state index in [1.54, 1.807) is 7.11 Å². The van der Waals surface area contributed by atoms with Gasteiger partial charge in [0, 0.05) is 31.2 Å². The van der Waals surface area contributed by atoms with E-state index in [9.17, 15) is 18.0 Å². The first-order valence-electron chi connectivity index (χ1n) is 10.2. The fraction of sp³-hybridized carbons (Fsp3) is 0.391. The molecule has 2 aliphatic rings. The highest BCUT2D eigenvalue weighted by molar-refractivity contribution is 5.95. The smallest absolute Gasteiger partial charge is 0.490 e. The lowest BCUT2D eigenvalue weighted by molar-refractivity contribution is -0.192. The number of fused-ring (bicyclic) bond motifs is 1. The van der Waals surface area contributed by atoms with Gasteiger partial charge in [0.25, 0.3) is 0 Å². The fourth-order valence-electron chi connectivity index (χ4n) is 4.24. The lowest BCUT2D eigenvalue weighted by Crippen LogP contribution is -2.52. The molecule has 32 heavy (non-hydrogen) atoms. The maximum absolute atomic E-state index is 12.6. The topological polar surface area (TPSA) is 70.1 Å². The maximum Gasteiger partial charge on any atom is 0.490 e. The predicted molar refractivity (Wildman–Crippen MR) is 112 cm³/mol. The number of carboxylic acid groups (broad SMARTS) is 1. The Balaban J connectivity index is 0.000000360. The number of carboxylic acids is 1. The lowest BCUT2D eigenvalue weighted by Gasteiger charge is -2.40. The van der Waals surface area contributed by atoms with Gasteiger partial charge in [0.2, 0.25) is 5.91 Å². The summed E-state index contributed by atoms with van der Waals surface area (Å²) in [6, 6.07) is 19.2. The van der Waals surface area contributed by atoms with Gasteiger partial charge in [-0.05, 0) is 42.7 Å². The zero-order valence-electron chi connectivity index (χ0n) is 17.6. The molecular formula is C23H25F3N2O4. The van der Waals surface area contributed by atoms with E-state index in [0.717, 1.165) is 37.4 Å². The lowest BCUT2D eigenvalue weighted by atomic mass is 9.95. The number of carbonyl (C=O) groups excluding carboxylic acids is 1. The van der Waals surface area contributed by atoms with E-state index in [1.807, 2.05) is 47.4 Å². The molecule has 172 valence electrons. The number of aliphatic carboxylic acids is 1. The molecule has 0 bridgehead atoms. The van der Waals surface area contributed by atoms with Crippen LogP contribution in [-0.4, -0.2) is 53.8 Å². The molecule has 2 aromatic rings. The molecule has 2 aromatic carbocycles. The molecule has 0 radical (unpaired) electrons. The van der Waals surface area contributed by atoms with Gasteiger partial charge in [-0.2, -0.15) is 13.2 Å². The van der Waals surface area contributed by atoms with Crippen LogP contribution in [0.4, 0.5) is 18.9 Å². The van der Waals surface area contributed by atoms with E-state index < -0.39 is 12.1 Å². The molecule has 2 heterocycles. The zero-order chi connectivity index (χ0) is 23.3. The molecule has 4 rings (SSSR count). The number of amides is 1. The van der Waals surface area contributed by atoms with Gasteiger partial charge < -0.3 is 14.7 Å². The molecule has 0 saturated carbocycles. The molecule has 1 amide bonds. The van der Waals surface area contributed by atoms with Crippen LogP contribution in [0, 0.1) is 0 Å². The molecule has 1 N–H and O–H groups in total. The van der Waals surface area contributed by atoms with Gasteiger partial charge in [0.1, 0.15) is 5.75 Å². The Hall–Kier alpha value is -3.07. The van der Waals surface area contributed by atoms with Gasteiger partial charge in [-0.25, -0.2) is 4.79 Å². The predicted octanol–water partition coefficient (Wildman–Crippen LogP) is 4.10. The Kier molecular flexibility index (Phi) is 7.40. The minimum absolute atomic E-state index is 0.263. The van der Waals surface area contributed by atoms with Crippen molar-refractivity contribution in [1.82, 2.24) is 4.90 Å². The summed E-state index contributed by atoms with van der Waals surface area (Å²) in [4.78, 5) is 26.0. The van der Waals surface area contributed by atoms with Crippen molar-refractivity contribution in [2.75, 3.05) is 18.6 Å². The van der Waals surface area contributed by atoms with Gasteiger partial charge >= 0.3 is 12.1 Å². The van der Waals surface area contributed by atoms with Crippen molar-refractivity contribution in [2.45, 2.75) is 44.1 Å². The summed E-state index contributed by atoms with van der Waals surface area (Å²) < 4.78 is 37.0. The number of hydrogen-bond donors (Lipinski definition) is 1. The number of benzene rings is 2. The second-order valence-electron chi connectivity index (χ2n) is 7.68. The molecule has 9 heteroatoms. The van der Waals surface area contributed by atoms with E-state index >= 15 is 0 Å². The van der Waals surface area contributed by atoms with Crippen molar-refractivity contribution < 1.29 is 32.6 Å². The summed E-state index contributed by atoms with van der Waals surface area (Å²) >= 11 is 0. The number of methoxy groups -OCH3 is 1. The normalized spacial score (nSPS) is 20.9. The van der Waals surface area contributed by atoms with Gasteiger partial charge in [-0.3, -0.25) is 9.69 Å². The highest BCUT2D eigenvalue weighted by Crippen LogP contribution is 2.35. The third-order valence-corrected chi connectivity index (χ3v) is 5.70. The van der Waals surface area contributed by atoms with Gasteiger partial charge in [-0.15, -0.1) is 0 Å². The van der Waals surface area contributed by atoms with Crippen molar-refractivity contribution in [3.63, 3.8) is 0 Å². The first-order chi connectivity index (χ1) is 15.2. The fourth-order valence-corrected chi connectivity index (χ4v) is 4.24. The number of piperidine rings is 1. The number of para-hydroxylation sites is 1. The van der Waals surface area contributed by atoms with Crippen molar-refractivity contribution in [1.29, 1.82) is 0 Å². The quantitative estimate of drug-likeness (QED) is 0.760. The number of alkyl halides is 3. The Labute approximate surface area is 184 Å². The van der Waals surface area contributed by atoms with Crippen LogP contribution in [0.25, 0.3) is 0 Å². The number of rotatable bonds is 4. The van der Waals surface area contributed by atoms with E-state index in [1.165, 1.54) is 5.56 Å². The SMILES string of the molecule is COc1ccc(CN2CC[C@@H]3[C@H]2CCC(=O)N3c2ccccc2)cc1.O=C(O)C(F)(F)F. The second kappa shape index (κ2) is 10.0. The molecule has 2 aliphatic heterocycles.